The van der Waals surface area contributed by atoms with Crippen LogP contribution in [0.4, 0.5) is 0 Å². The SMILES string of the molecule is O=C(O)c1ccccc1CCn1c(-c2cccc(-c3ccccc3)c2)n[nH]c1=S. The maximum Gasteiger partial charge on any atom is 0.335 e. The number of carbonyl (C=O) groups is 1. The van der Waals surface area contributed by atoms with Gasteiger partial charge in [0.05, 0.1) is 5.56 Å². The standard InChI is InChI=1S/C23H19N3O2S/c27-22(28)20-12-5-4-9-17(20)13-14-26-21(24-25-23(26)29)19-11-6-10-18(15-19)16-7-2-1-3-8-16/h1-12,15H,13-14H2,(H,25,29)(H,27,28). The van der Waals surface area contributed by atoms with Crippen LogP contribution in [0.25, 0.3) is 22.5 Å². The van der Waals surface area contributed by atoms with Crippen molar-refractivity contribution >= 4 is 18.2 Å². The van der Waals surface area contributed by atoms with Gasteiger partial charge in [0.1, 0.15) is 0 Å². The Bertz CT molecular complexity index is 1210. The summed E-state index contributed by atoms with van der Waals surface area (Å²) >= 11 is 5.43. The Hall–Kier alpha value is -3.51. The molecule has 0 saturated carbocycles. The van der Waals surface area contributed by atoms with Crippen molar-refractivity contribution in [1.82, 2.24) is 14.8 Å². The number of rotatable bonds is 6. The van der Waals surface area contributed by atoms with Crippen LogP contribution < -0.4 is 0 Å². The van der Waals surface area contributed by atoms with Crippen molar-refractivity contribution in [3.63, 3.8) is 0 Å². The first-order valence-corrected chi connectivity index (χ1v) is 9.66. The zero-order chi connectivity index (χ0) is 20.2. The number of carboxylic acid groups (broad SMARTS) is 1. The van der Waals surface area contributed by atoms with E-state index in [9.17, 15) is 9.90 Å². The van der Waals surface area contributed by atoms with Gasteiger partial charge < -0.3 is 5.11 Å². The quantitative estimate of drug-likeness (QED) is 0.435. The van der Waals surface area contributed by atoms with Crippen molar-refractivity contribution in [1.29, 1.82) is 0 Å². The maximum absolute atomic E-state index is 11.5. The molecule has 6 heteroatoms. The number of H-pyrrole nitrogens is 1. The monoisotopic (exact) mass is 401 g/mol. The Kier molecular flexibility index (Phi) is 5.35. The zero-order valence-electron chi connectivity index (χ0n) is 15.6. The summed E-state index contributed by atoms with van der Waals surface area (Å²) in [4.78, 5) is 11.5. The molecular formula is C23H19N3O2S. The molecule has 0 saturated heterocycles. The molecular weight excluding hydrogens is 382 g/mol. The number of benzene rings is 3. The van der Waals surface area contributed by atoms with Crippen molar-refractivity contribution < 1.29 is 9.90 Å². The molecule has 0 spiro atoms. The molecule has 1 heterocycles. The van der Waals surface area contributed by atoms with E-state index in [0.717, 1.165) is 28.1 Å². The molecule has 144 valence electrons. The van der Waals surface area contributed by atoms with Gasteiger partial charge in [0.2, 0.25) is 0 Å². The average Bonchev–Trinajstić information content (AvgIpc) is 3.13. The van der Waals surface area contributed by atoms with Crippen molar-refractivity contribution in [2.24, 2.45) is 0 Å². The summed E-state index contributed by atoms with van der Waals surface area (Å²) in [7, 11) is 0. The highest BCUT2D eigenvalue weighted by Gasteiger charge is 2.13. The molecule has 0 aliphatic heterocycles. The van der Waals surface area contributed by atoms with Gasteiger partial charge in [-0.25, -0.2) is 4.79 Å². The number of hydrogen-bond donors (Lipinski definition) is 2. The number of aromatic amines is 1. The average molecular weight is 401 g/mol. The van der Waals surface area contributed by atoms with E-state index in [4.69, 9.17) is 12.2 Å². The van der Waals surface area contributed by atoms with Crippen molar-refractivity contribution in [3.8, 4) is 22.5 Å². The van der Waals surface area contributed by atoms with Crippen molar-refractivity contribution in [2.45, 2.75) is 13.0 Å². The van der Waals surface area contributed by atoms with Crippen LogP contribution in [0.3, 0.4) is 0 Å². The molecule has 0 bridgehead atoms. The van der Waals surface area contributed by atoms with Crippen LogP contribution in [0.2, 0.25) is 0 Å². The molecule has 0 radical (unpaired) electrons. The highest BCUT2D eigenvalue weighted by Crippen LogP contribution is 2.25. The van der Waals surface area contributed by atoms with Gasteiger partial charge in [0.15, 0.2) is 10.6 Å². The van der Waals surface area contributed by atoms with E-state index < -0.39 is 5.97 Å². The number of aryl methyl sites for hydroxylation is 1. The largest absolute Gasteiger partial charge is 0.478 e. The molecule has 1 aromatic heterocycles. The molecule has 2 N–H and O–H groups in total. The predicted molar refractivity (Wildman–Crippen MR) is 115 cm³/mol. The first-order chi connectivity index (χ1) is 14.1. The van der Waals surface area contributed by atoms with Crippen LogP contribution in [0.1, 0.15) is 15.9 Å². The highest BCUT2D eigenvalue weighted by molar-refractivity contribution is 7.71. The fourth-order valence-corrected chi connectivity index (χ4v) is 3.62. The van der Waals surface area contributed by atoms with Gasteiger partial charge in [0.25, 0.3) is 0 Å². The van der Waals surface area contributed by atoms with E-state index in [-0.39, 0.29) is 0 Å². The second kappa shape index (κ2) is 8.24. The van der Waals surface area contributed by atoms with E-state index in [1.54, 1.807) is 12.1 Å². The maximum atomic E-state index is 11.5. The Balaban J connectivity index is 1.65. The summed E-state index contributed by atoms with van der Waals surface area (Å²) in [6.07, 6.45) is 0.543. The van der Waals surface area contributed by atoms with E-state index in [1.807, 2.05) is 47.0 Å². The highest BCUT2D eigenvalue weighted by atomic mass is 32.1. The number of aromatic nitrogens is 3. The Morgan fingerprint density at radius 1 is 0.931 bits per heavy atom. The second-order valence-corrected chi connectivity index (χ2v) is 7.05. The molecule has 0 aliphatic rings. The summed E-state index contributed by atoms with van der Waals surface area (Å²) in [6, 6.07) is 25.3. The van der Waals surface area contributed by atoms with Crippen LogP contribution in [0.5, 0.6) is 0 Å². The molecule has 0 fully saturated rings. The Morgan fingerprint density at radius 2 is 1.62 bits per heavy atom. The molecule has 3 aromatic carbocycles. The lowest BCUT2D eigenvalue weighted by Crippen LogP contribution is -2.08. The van der Waals surface area contributed by atoms with Crippen LogP contribution in [0, 0.1) is 4.77 Å². The van der Waals surface area contributed by atoms with Gasteiger partial charge in [-0.2, -0.15) is 5.10 Å². The summed E-state index contributed by atoms with van der Waals surface area (Å²) in [6.45, 7) is 0.532. The second-order valence-electron chi connectivity index (χ2n) is 6.66. The number of hydrogen-bond acceptors (Lipinski definition) is 3. The van der Waals surface area contributed by atoms with Crippen LogP contribution >= 0.6 is 12.2 Å². The van der Waals surface area contributed by atoms with Gasteiger partial charge in [-0.3, -0.25) is 9.67 Å². The smallest absolute Gasteiger partial charge is 0.335 e. The van der Waals surface area contributed by atoms with Crippen LogP contribution in [-0.2, 0) is 13.0 Å². The summed E-state index contributed by atoms with van der Waals surface area (Å²) in [5, 5.41) is 16.7. The molecule has 0 atom stereocenters. The first kappa shape index (κ1) is 18.8. The Morgan fingerprint density at radius 3 is 2.41 bits per heavy atom. The molecule has 0 unspecified atom stereocenters. The zero-order valence-corrected chi connectivity index (χ0v) is 16.4. The lowest BCUT2D eigenvalue weighted by atomic mass is 10.0. The lowest BCUT2D eigenvalue weighted by molar-refractivity contribution is 0.0695. The van der Waals surface area contributed by atoms with Gasteiger partial charge in [-0.05, 0) is 47.5 Å². The van der Waals surface area contributed by atoms with Gasteiger partial charge in [-0.15, -0.1) is 0 Å². The van der Waals surface area contributed by atoms with Crippen molar-refractivity contribution in [3.05, 3.63) is 94.8 Å². The fraction of sp³-hybridized carbons (Fsp3) is 0.0870. The lowest BCUT2D eigenvalue weighted by Gasteiger charge is -2.10. The minimum absolute atomic E-state index is 0.315. The summed E-state index contributed by atoms with van der Waals surface area (Å²) < 4.78 is 2.43. The minimum atomic E-state index is -0.924. The molecule has 4 aromatic rings. The normalized spacial score (nSPS) is 10.8. The van der Waals surface area contributed by atoms with Crippen LogP contribution in [-0.4, -0.2) is 25.8 Å². The van der Waals surface area contributed by atoms with Crippen molar-refractivity contribution in [2.75, 3.05) is 0 Å². The fourth-order valence-electron chi connectivity index (χ4n) is 3.39. The number of carboxylic acids is 1. The van der Waals surface area contributed by atoms with Gasteiger partial charge in [0, 0.05) is 12.1 Å². The third kappa shape index (κ3) is 4.02. The molecule has 29 heavy (non-hydrogen) atoms. The number of nitrogens with zero attached hydrogens (tertiary/aromatic N) is 2. The summed E-state index contributed by atoms with van der Waals surface area (Å²) in [5.41, 5.74) is 4.26. The van der Waals surface area contributed by atoms with Crippen LogP contribution in [0.15, 0.2) is 78.9 Å². The van der Waals surface area contributed by atoms with Gasteiger partial charge in [-0.1, -0.05) is 66.7 Å². The number of aromatic carboxylic acids is 1. The Labute approximate surface area is 173 Å². The molecule has 0 amide bonds. The molecule has 0 aliphatic carbocycles. The minimum Gasteiger partial charge on any atom is -0.478 e. The number of nitrogens with one attached hydrogen (secondary N) is 1. The molecule has 5 nitrogen and oxygen atoms in total. The third-order valence-corrected chi connectivity index (χ3v) is 5.15. The van der Waals surface area contributed by atoms with E-state index in [2.05, 4.69) is 34.5 Å². The van der Waals surface area contributed by atoms with E-state index in [0.29, 0.717) is 23.3 Å². The summed E-state index contributed by atoms with van der Waals surface area (Å²) in [5.74, 6) is -0.187. The topological polar surface area (TPSA) is 70.9 Å². The van der Waals surface area contributed by atoms with E-state index in [1.165, 1.54) is 0 Å². The predicted octanol–water partition coefficient (Wildman–Crippen LogP) is 5.22. The van der Waals surface area contributed by atoms with E-state index >= 15 is 0 Å². The third-order valence-electron chi connectivity index (χ3n) is 4.84. The van der Waals surface area contributed by atoms with Gasteiger partial charge >= 0.3 is 5.97 Å². The first-order valence-electron chi connectivity index (χ1n) is 9.26. The molecule has 4 rings (SSSR count).